The molecule has 2 nitrogen and oxygen atoms in total. The average Bonchev–Trinajstić information content (AvgIpc) is 2.27. The van der Waals surface area contributed by atoms with Gasteiger partial charge in [0.05, 0.1) is 4.47 Å². The van der Waals surface area contributed by atoms with E-state index in [1.54, 1.807) is 0 Å². The van der Waals surface area contributed by atoms with Gasteiger partial charge in [-0.3, -0.25) is 4.79 Å². The number of carbonyl (C=O) groups excluding carboxylic acids is 1. The molecule has 18 heavy (non-hydrogen) atoms. The lowest BCUT2D eigenvalue weighted by Gasteiger charge is -2.20. The molecule has 0 N–H and O–H groups in total. The van der Waals surface area contributed by atoms with Crippen molar-refractivity contribution in [3.63, 3.8) is 0 Å². The largest absolute Gasteiger partial charge is 0.425 e. The van der Waals surface area contributed by atoms with Crippen LogP contribution in [0.1, 0.15) is 39.2 Å². The van der Waals surface area contributed by atoms with Gasteiger partial charge in [-0.25, -0.2) is 0 Å². The fraction of sp³-hybridized carbons (Fsp3) is 0.500. The third kappa shape index (κ3) is 4.62. The summed E-state index contributed by atoms with van der Waals surface area (Å²) in [4.78, 5) is 11.5. The summed E-state index contributed by atoms with van der Waals surface area (Å²) in [6, 6.07) is 5.79. The number of benzene rings is 1. The summed E-state index contributed by atoms with van der Waals surface area (Å²) in [6.07, 6.45) is 0.981. The Morgan fingerprint density at radius 2 is 2.06 bits per heavy atom. The first kappa shape index (κ1) is 15.5. The van der Waals surface area contributed by atoms with Crippen molar-refractivity contribution < 1.29 is 9.53 Å². The Bertz CT molecular complexity index is 424. The maximum Gasteiger partial charge on any atom is 0.311 e. The van der Waals surface area contributed by atoms with Crippen molar-refractivity contribution in [3.05, 3.63) is 28.2 Å². The van der Waals surface area contributed by atoms with Gasteiger partial charge in [-0.15, -0.1) is 11.6 Å². The summed E-state index contributed by atoms with van der Waals surface area (Å²) in [6.45, 7) is 6.42. The quantitative estimate of drug-likeness (QED) is 0.454. The second kappa shape index (κ2) is 6.58. The number of rotatable bonds is 4. The van der Waals surface area contributed by atoms with Crippen LogP contribution in [0.4, 0.5) is 0 Å². The smallest absolute Gasteiger partial charge is 0.311 e. The molecule has 0 aliphatic rings. The van der Waals surface area contributed by atoms with Gasteiger partial charge in [0, 0.05) is 12.3 Å². The van der Waals surface area contributed by atoms with Crippen LogP contribution in [0.25, 0.3) is 0 Å². The van der Waals surface area contributed by atoms with Crippen LogP contribution in [0.15, 0.2) is 22.7 Å². The highest BCUT2D eigenvalue weighted by Crippen LogP contribution is 2.31. The van der Waals surface area contributed by atoms with Crippen molar-refractivity contribution in [2.75, 3.05) is 5.88 Å². The van der Waals surface area contributed by atoms with E-state index in [1.807, 2.05) is 18.2 Å². The van der Waals surface area contributed by atoms with E-state index in [0.29, 0.717) is 24.5 Å². The van der Waals surface area contributed by atoms with Crippen molar-refractivity contribution in [2.24, 2.45) is 0 Å². The fourth-order valence-electron chi connectivity index (χ4n) is 1.43. The molecule has 0 bridgehead atoms. The molecular formula is C14H18BrClO2. The van der Waals surface area contributed by atoms with Crippen LogP contribution in [0.5, 0.6) is 5.75 Å². The zero-order valence-corrected chi connectivity index (χ0v) is 13.3. The lowest BCUT2D eigenvalue weighted by atomic mass is 9.87. The van der Waals surface area contributed by atoms with Gasteiger partial charge in [0.1, 0.15) is 5.75 Å². The number of esters is 1. The third-order valence-electron chi connectivity index (χ3n) is 2.54. The number of hydrogen-bond acceptors (Lipinski definition) is 2. The molecule has 1 rings (SSSR count). The molecule has 0 aliphatic carbocycles. The molecule has 0 saturated heterocycles. The van der Waals surface area contributed by atoms with Gasteiger partial charge in [-0.05, 0) is 45.5 Å². The maximum atomic E-state index is 11.5. The third-order valence-corrected chi connectivity index (χ3v) is 3.42. The lowest BCUT2D eigenvalue weighted by molar-refractivity contribution is -0.134. The summed E-state index contributed by atoms with van der Waals surface area (Å²) in [5.74, 6) is 0.779. The zero-order valence-electron chi connectivity index (χ0n) is 10.9. The minimum absolute atomic E-state index is 0.0731. The number of hydrogen-bond donors (Lipinski definition) is 0. The molecule has 0 amide bonds. The number of carbonyl (C=O) groups is 1. The van der Waals surface area contributed by atoms with Gasteiger partial charge >= 0.3 is 5.97 Å². The van der Waals surface area contributed by atoms with E-state index in [2.05, 4.69) is 36.7 Å². The van der Waals surface area contributed by atoms with Crippen LogP contribution >= 0.6 is 27.5 Å². The molecule has 4 heteroatoms. The molecule has 0 radical (unpaired) electrons. The van der Waals surface area contributed by atoms with Crippen molar-refractivity contribution in [2.45, 2.75) is 39.0 Å². The molecule has 0 fully saturated rings. The normalized spacial score (nSPS) is 11.4. The molecule has 100 valence electrons. The monoisotopic (exact) mass is 332 g/mol. The minimum atomic E-state index is -0.250. The highest BCUT2D eigenvalue weighted by atomic mass is 79.9. The molecule has 1 aromatic rings. The molecule has 0 unspecified atom stereocenters. The van der Waals surface area contributed by atoms with Gasteiger partial charge in [-0.1, -0.05) is 26.8 Å². The van der Waals surface area contributed by atoms with Crippen molar-refractivity contribution in [1.29, 1.82) is 0 Å². The number of halogens is 2. The van der Waals surface area contributed by atoms with Crippen molar-refractivity contribution in [1.82, 2.24) is 0 Å². The summed E-state index contributed by atoms with van der Waals surface area (Å²) >= 11 is 8.97. The van der Waals surface area contributed by atoms with Crippen LogP contribution < -0.4 is 4.74 Å². The fourth-order valence-corrected chi connectivity index (χ4v) is 2.03. The van der Waals surface area contributed by atoms with E-state index in [0.717, 1.165) is 4.47 Å². The maximum absolute atomic E-state index is 11.5. The molecular weight excluding hydrogens is 316 g/mol. The molecule has 0 atom stereocenters. The average molecular weight is 334 g/mol. The molecule has 0 saturated carbocycles. The van der Waals surface area contributed by atoms with Crippen LogP contribution in [-0.2, 0) is 10.2 Å². The topological polar surface area (TPSA) is 26.3 Å². The first-order valence-electron chi connectivity index (χ1n) is 5.91. The van der Waals surface area contributed by atoms with Crippen molar-refractivity contribution in [3.8, 4) is 5.75 Å². The van der Waals surface area contributed by atoms with Crippen LogP contribution in [0.3, 0.4) is 0 Å². The second-order valence-corrected chi connectivity index (χ2v) is 6.39. The number of ether oxygens (including phenoxy) is 1. The van der Waals surface area contributed by atoms with E-state index < -0.39 is 0 Å². The van der Waals surface area contributed by atoms with E-state index in [9.17, 15) is 4.79 Å². The highest BCUT2D eigenvalue weighted by molar-refractivity contribution is 9.10. The van der Waals surface area contributed by atoms with E-state index in [-0.39, 0.29) is 11.4 Å². The van der Waals surface area contributed by atoms with Crippen molar-refractivity contribution >= 4 is 33.5 Å². The Balaban J connectivity index is 2.77. The van der Waals surface area contributed by atoms with Crippen LogP contribution in [-0.4, -0.2) is 11.8 Å². The standard InChI is InChI=1S/C14H18BrClO2/c1-14(2,3)10-6-7-12(11(15)9-10)18-13(17)5-4-8-16/h6-7,9H,4-5,8H2,1-3H3. The van der Waals surface area contributed by atoms with E-state index >= 15 is 0 Å². The lowest BCUT2D eigenvalue weighted by Crippen LogP contribution is -2.12. The highest BCUT2D eigenvalue weighted by Gasteiger charge is 2.16. The summed E-state index contributed by atoms with van der Waals surface area (Å²) in [5, 5.41) is 0. The summed E-state index contributed by atoms with van der Waals surface area (Å²) < 4.78 is 6.07. The Morgan fingerprint density at radius 1 is 1.39 bits per heavy atom. The van der Waals surface area contributed by atoms with Crippen LogP contribution in [0.2, 0.25) is 0 Å². The van der Waals surface area contributed by atoms with Gasteiger partial charge in [0.25, 0.3) is 0 Å². The molecule has 0 heterocycles. The summed E-state index contributed by atoms with van der Waals surface area (Å²) in [7, 11) is 0. The predicted octanol–water partition coefficient (Wildman–Crippen LogP) is 4.67. The molecule has 0 aliphatic heterocycles. The zero-order chi connectivity index (χ0) is 13.8. The second-order valence-electron chi connectivity index (χ2n) is 5.16. The Hall–Kier alpha value is -0.540. The van der Waals surface area contributed by atoms with Gasteiger partial charge in [0.2, 0.25) is 0 Å². The van der Waals surface area contributed by atoms with Gasteiger partial charge in [-0.2, -0.15) is 0 Å². The Morgan fingerprint density at radius 3 is 2.56 bits per heavy atom. The van der Waals surface area contributed by atoms with Crippen LogP contribution in [0, 0.1) is 0 Å². The van der Waals surface area contributed by atoms with Gasteiger partial charge in [0.15, 0.2) is 0 Å². The SMILES string of the molecule is CC(C)(C)c1ccc(OC(=O)CCCCl)c(Br)c1. The summed E-state index contributed by atoms with van der Waals surface area (Å²) in [5.41, 5.74) is 1.26. The van der Waals surface area contributed by atoms with E-state index in [4.69, 9.17) is 16.3 Å². The first-order chi connectivity index (χ1) is 8.34. The molecule has 0 aromatic heterocycles. The predicted molar refractivity (Wildman–Crippen MR) is 78.4 cm³/mol. The molecule has 1 aromatic carbocycles. The Kier molecular flexibility index (Phi) is 5.67. The Labute approximate surface area is 122 Å². The molecule has 0 spiro atoms. The van der Waals surface area contributed by atoms with Gasteiger partial charge < -0.3 is 4.74 Å². The van der Waals surface area contributed by atoms with E-state index in [1.165, 1.54) is 5.56 Å². The first-order valence-corrected chi connectivity index (χ1v) is 7.24. The number of alkyl halides is 1. The minimum Gasteiger partial charge on any atom is -0.425 e.